The first kappa shape index (κ1) is 56.1. The van der Waals surface area contributed by atoms with E-state index in [0.717, 1.165) is 92.5 Å². The Kier molecular flexibility index (Phi) is 18.1. The summed E-state index contributed by atoms with van der Waals surface area (Å²) in [6.07, 6.45) is 9.50. The molecule has 0 aliphatic carbocycles. The molecule has 5 N–H and O–H groups in total. The van der Waals surface area contributed by atoms with Crippen LogP contribution in [0.5, 0.6) is 0 Å². The molecule has 17 nitrogen and oxygen atoms in total. The molecule has 5 aliphatic rings. The normalized spacial score (nSPS) is 20.4. The summed E-state index contributed by atoms with van der Waals surface area (Å²) in [4.78, 5) is 78.6. The van der Waals surface area contributed by atoms with Crippen LogP contribution < -0.4 is 21.3 Å². The van der Waals surface area contributed by atoms with Crippen LogP contribution in [-0.2, 0) is 25.7 Å². The second-order valence-corrected chi connectivity index (χ2v) is 22.5. The van der Waals surface area contributed by atoms with Gasteiger partial charge in [0.25, 0.3) is 5.91 Å². The molecular formula is C58H72ClF3N12O5. The van der Waals surface area contributed by atoms with Crippen molar-refractivity contribution < 1.29 is 37.1 Å². The molecule has 5 aliphatic heterocycles. The maximum atomic E-state index is 15.3. The molecule has 7 heterocycles. The van der Waals surface area contributed by atoms with E-state index < -0.39 is 23.0 Å². The zero-order valence-corrected chi connectivity index (χ0v) is 45.5. The Bertz CT molecular complexity index is 2920. The third kappa shape index (κ3) is 13.9. The fraction of sp³-hybridized carbons (Fsp3) is 0.517. The molecule has 5 saturated heterocycles. The Morgan fingerprint density at radius 3 is 2.23 bits per heavy atom. The van der Waals surface area contributed by atoms with Gasteiger partial charge in [0, 0.05) is 120 Å². The number of carbonyl (C=O) groups excluding carboxylic acids is 4. The highest BCUT2D eigenvalue weighted by atomic mass is 35.5. The van der Waals surface area contributed by atoms with E-state index in [2.05, 4.69) is 40.3 Å². The lowest BCUT2D eigenvalue weighted by molar-refractivity contribution is -0.135. The van der Waals surface area contributed by atoms with Gasteiger partial charge in [0.2, 0.25) is 17.7 Å². The number of aromatic nitrogens is 3. The van der Waals surface area contributed by atoms with Crippen molar-refractivity contribution in [3.05, 3.63) is 124 Å². The van der Waals surface area contributed by atoms with E-state index in [9.17, 15) is 28.0 Å². The van der Waals surface area contributed by atoms with Gasteiger partial charge in [-0.3, -0.25) is 29.0 Å². The summed E-state index contributed by atoms with van der Waals surface area (Å²) in [6.45, 7) is 8.48. The molecule has 0 spiro atoms. The van der Waals surface area contributed by atoms with Crippen molar-refractivity contribution >= 4 is 52.1 Å². The minimum atomic E-state index is -1.03. The standard InChI is InChI=1S/C58H72ClF3N12O5/c59-43-7-3-39(4-8-43)51(68-57(78)58(63)17-26-72(27-18-58)55-47-11-19-65-54(47)66-38-67-55)16-23-69-28-30-71(31-29-69)53(76)37-70-21-12-45(13-22-70)79-46-14-24-73(25-15-46)56(77)48-32-40(6-10-49(48)61)42-2-1-20-74(36-42)52(75)35-64-34-41-5-9-44(60)33-50(41)62/h3-11,19,32-33,38,42,45-46,51,64H,1-2,12-18,20-31,34-37,63H2,(H,68,78)(H,65,66,67)/t42?,51-/m0/s1. The van der Waals surface area contributed by atoms with E-state index in [0.29, 0.717) is 96.0 Å². The number of halogens is 4. The molecule has 5 fully saturated rings. The number of hydrogen-bond acceptors (Lipinski definition) is 12. The second-order valence-electron chi connectivity index (χ2n) is 22.0. The molecule has 3 aromatic carbocycles. The predicted octanol–water partition coefficient (Wildman–Crippen LogP) is 6.00. The van der Waals surface area contributed by atoms with Gasteiger partial charge in [0.15, 0.2) is 0 Å². The molecule has 21 heteroatoms. The predicted molar refractivity (Wildman–Crippen MR) is 295 cm³/mol. The summed E-state index contributed by atoms with van der Waals surface area (Å²) in [5.41, 5.74) is 8.67. The fourth-order valence-corrected chi connectivity index (χ4v) is 12.1. The molecule has 2 aromatic heterocycles. The largest absolute Gasteiger partial charge is 0.375 e. The van der Waals surface area contributed by atoms with Gasteiger partial charge in [-0.15, -0.1) is 0 Å². The van der Waals surface area contributed by atoms with Crippen LogP contribution in [0.2, 0.25) is 5.02 Å². The minimum Gasteiger partial charge on any atom is -0.375 e. The number of fused-ring (bicyclic) bond motifs is 1. The summed E-state index contributed by atoms with van der Waals surface area (Å²) in [7, 11) is 0. The first-order valence-electron chi connectivity index (χ1n) is 28.0. The van der Waals surface area contributed by atoms with Crippen molar-refractivity contribution in [1.82, 2.24) is 50.1 Å². The van der Waals surface area contributed by atoms with Crippen molar-refractivity contribution in [2.75, 3.05) is 103 Å². The number of carbonyl (C=O) groups is 4. The number of nitrogens with zero attached hydrogens (tertiary/aromatic N) is 8. The number of piperazine rings is 1. The van der Waals surface area contributed by atoms with E-state index in [1.54, 1.807) is 28.3 Å². The van der Waals surface area contributed by atoms with Gasteiger partial charge in [-0.05, 0) is 105 Å². The van der Waals surface area contributed by atoms with Gasteiger partial charge >= 0.3 is 0 Å². The summed E-state index contributed by atoms with van der Waals surface area (Å²) >= 11 is 6.27. The number of aromatic amines is 1. The van der Waals surface area contributed by atoms with Crippen LogP contribution >= 0.6 is 11.6 Å². The van der Waals surface area contributed by atoms with Crippen molar-refractivity contribution in [1.29, 1.82) is 0 Å². The number of benzene rings is 3. The van der Waals surface area contributed by atoms with Crippen LogP contribution in [-0.4, -0.2) is 179 Å². The maximum Gasteiger partial charge on any atom is 0.256 e. The lowest BCUT2D eigenvalue weighted by Crippen LogP contribution is -2.60. The van der Waals surface area contributed by atoms with E-state index in [1.807, 2.05) is 41.4 Å². The van der Waals surface area contributed by atoms with Gasteiger partial charge in [0.1, 0.15) is 35.2 Å². The molecule has 0 radical (unpaired) electrons. The number of anilines is 1. The molecule has 2 atom stereocenters. The molecule has 1 unspecified atom stereocenters. The highest BCUT2D eigenvalue weighted by molar-refractivity contribution is 6.30. The third-order valence-corrected chi connectivity index (χ3v) is 17.1. The first-order chi connectivity index (χ1) is 38.2. The van der Waals surface area contributed by atoms with Crippen LogP contribution in [0.4, 0.5) is 19.0 Å². The summed E-state index contributed by atoms with van der Waals surface area (Å²) in [5, 5.41) is 7.83. The first-order valence-corrected chi connectivity index (χ1v) is 28.4. The van der Waals surface area contributed by atoms with Crippen molar-refractivity contribution in [2.24, 2.45) is 5.73 Å². The molecular weight excluding hydrogens is 1040 g/mol. The van der Waals surface area contributed by atoms with E-state index in [1.165, 1.54) is 18.2 Å². The average molecular weight is 1110 g/mol. The number of likely N-dealkylation sites (tertiary alicyclic amines) is 3. The highest BCUT2D eigenvalue weighted by Crippen LogP contribution is 2.32. The van der Waals surface area contributed by atoms with Crippen LogP contribution in [0.25, 0.3) is 11.0 Å². The van der Waals surface area contributed by atoms with Gasteiger partial charge in [-0.2, -0.15) is 0 Å². The Balaban J connectivity index is 0.621. The summed E-state index contributed by atoms with van der Waals surface area (Å²) in [5.74, 6) is -1.69. The quantitative estimate of drug-likeness (QED) is 0.0852. The lowest BCUT2D eigenvalue weighted by Gasteiger charge is -2.40. The summed E-state index contributed by atoms with van der Waals surface area (Å²) < 4.78 is 49.3. The average Bonchev–Trinajstić information content (AvgIpc) is 3.96. The molecule has 0 saturated carbocycles. The maximum absolute atomic E-state index is 15.3. The number of rotatable bonds is 17. The number of amides is 4. The number of ether oxygens (including phenoxy) is 1. The molecule has 422 valence electrons. The molecule has 79 heavy (non-hydrogen) atoms. The van der Waals surface area contributed by atoms with Gasteiger partial charge < -0.3 is 45.7 Å². The fourth-order valence-electron chi connectivity index (χ4n) is 12.0. The number of hydrogen-bond donors (Lipinski definition) is 4. The smallest absolute Gasteiger partial charge is 0.256 e. The highest BCUT2D eigenvalue weighted by Gasteiger charge is 2.40. The Hall–Kier alpha value is -6.16. The van der Waals surface area contributed by atoms with Crippen LogP contribution in [0.15, 0.2) is 79.3 Å². The molecule has 0 bridgehead atoms. The van der Waals surface area contributed by atoms with Crippen molar-refractivity contribution in [2.45, 2.75) is 94.0 Å². The number of H-pyrrole nitrogens is 1. The van der Waals surface area contributed by atoms with E-state index >= 15 is 4.39 Å². The van der Waals surface area contributed by atoms with Crippen LogP contribution in [0, 0.1) is 17.5 Å². The Labute approximate surface area is 464 Å². The summed E-state index contributed by atoms with van der Waals surface area (Å²) in [6, 6.07) is 17.3. The monoisotopic (exact) mass is 1110 g/mol. The van der Waals surface area contributed by atoms with Crippen LogP contribution in [0.3, 0.4) is 0 Å². The van der Waals surface area contributed by atoms with E-state index in [-0.39, 0.29) is 72.0 Å². The lowest BCUT2D eigenvalue weighted by atomic mass is 9.87. The van der Waals surface area contributed by atoms with E-state index in [4.69, 9.17) is 22.1 Å². The molecule has 4 amide bonds. The second kappa shape index (κ2) is 25.5. The van der Waals surface area contributed by atoms with Gasteiger partial charge in [-0.25, -0.2) is 23.1 Å². The zero-order valence-electron chi connectivity index (χ0n) is 44.7. The van der Waals surface area contributed by atoms with Gasteiger partial charge in [-0.1, -0.05) is 35.9 Å². The number of piperidine rings is 4. The molecule has 5 aromatic rings. The van der Waals surface area contributed by atoms with Crippen molar-refractivity contribution in [3.63, 3.8) is 0 Å². The Morgan fingerprint density at radius 1 is 0.759 bits per heavy atom. The zero-order chi connectivity index (χ0) is 55.0. The number of nitrogens with two attached hydrogens (primary N) is 1. The third-order valence-electron chi connectivity index (χ3n) is 16.9. The topological polar surface area (TPSA) is 189 Å². The minimum absolute atomic E-state index is 0.0115. The number of nitrogens with one attached hydrogen (secondary N) is 3. The Morgan fingerprint density at radius 2 is 1.49 bits per heavy atom. The SMILES string of the molecule is NC1(C(=O)N[C@@H](CCN2CCN(C(=O)CN3CCC(OC4CCN(C(=O)c5cc(C6CCCN(C(=O)CNCc7ccc(F)cc7F)C6)ccc5F)CC4)CC3)CC2)c2ccc(Cl)cc2)CCN(c2ncnc3[nH]ccc23)CC1. The molecule has 10 rings (SSSR count). The van der Waals surface area contributed by atoms with Crippen LogP contribution in [0.1, 0.15) is 96.8 Å². The van der Waals surface area contributed by atoms with Gasteiger partial charge in [0.05, 0.1) is 47.8 Å². The van der Waals surface area contributed by atoms with Crippen molar-refractivity contribution in [3.8, 4) is 0 Å².